The molecule has 1 amide bonds. The van der Waals surface area contributed by atoms with Gasteiger partial charge in [0.25, 0.3) is 0 Å². The van der Waals surface area contributed by atoms with Crippen molar-refractivity contribution in [1.29, 1.82) is 0 Å². The molecule has 2 heterocycles. The van der Waals surface area contributed by atoms with E-state index in [4.69, 9.17) is 0 Å². The predicted molar refractivity (Wildman–Crippen MR) is 72.3 cm³/mol. The molecule has 2 rings (SSSR count). The van der Waals surface area contributed by atoms with Crippen LogP contribution in [0.1, 0.15) is 26.7 Å². The molecule has 5 heteroatoms. The van der Waals surface area contributed by atoms with Crippen LogP contribution >= 0.6 is 11.8 Å². The van der Waals surface area contributed by atoms with Gasteiger partial charge >= 0.3 is 0 Å². The van der Waals surface area contributed by atoms with Crippen molar-refractivity contribution in [3.63, 3.8) is 0 Å². The zero-order valence-corrected chi connectivity index (χ0v) is 11.6. The van der Waals surface area contributed by atoms with Gasteiger partial charge in [-0.25, -0.2) is 4.99 Å². The van der Waals surface area contributed by atoms with E-state index in [1.807, 2.05) is 7.05 Å². The number of likely N-dealkylation sites (tertiary alicyclic amines) is 1. The summed E-state index contributed by atoms with van der Waals surface area (Å²) in [6, 6.07) is 0.352. The van der Waals surface area contributed by atoms with Crippen molar-refractivity contribution in [3.8, 4) is 0 Å². The van der Waals surface area contributed by atoms with Crippen LogP contribution in [0.25, 0.3) is 0 Å². The van der Waals surface area contributed by atoms with Crippen LogP contribution in [-0.2, 0) is 4.79 Å². The van der Waals surface area contributed by atoms with E-state index in [0.29, 0.717) is 12.0 Å². The number of aliphatic imine (C=N–C) groups is 1. The van der Waals surface area contributed by atoms with Gasteiger partial charge in [-0.05, 0) is 18.8 Å². The molecule has 0 bridgehead atoms. The molecule has 2 atom stereocenters. The predicted octanol–water partition coefficient (Wildman–Crippen LogP) is 1.32. The van der Waals surface area contributed by atoms with Gasteiger partial charge in [-0.1, -0.05) is 25.6 Å². The van der Waals surface area contributed by atoms with Crippen LogP contribution in [0, 0.1) is 5.92 Å². The molecular formula is C12H21N3OS. The lowest BCUT2D eigenvalue weighted by Gasteiger charge is -2.28. The fourth-order valence-corrected chi connectivity index (χ4v) is 3.20. The smallest absolute Gasteiger partial charge is 0.247 e. The molecule has 0 aliphatic carbocycles. The van der Waals surface area contributed by atoms with Gasteiger partial charge in [-0.3, -0.25) is 4.79 Å². The first-order chi connectivity index (χ1) is 8.08. The van der Waals surface area contributed by atoms with Gasteiger partial charge in [0, 0.05) is 25.4 Å². The van der Waals surface area contributed by atoms with Gasteiger partial charge in [-0.2, -0.15) is 0 Å². The standard InChI is InChI=1S/C12H21N3OS/c1-8(2)9-5-7-17-12(13-9)14-10-4-6-15(3)11(10)16/h8-10H,4-7H2,1-3H3,(H,13,14). The maximum atomic E-state index is 11.8. The number of carbonyl (C=O) groups is 1. The molecule has 0 spiro atoms. The Bertz CT molecular complexity index is 330. The minimum atomic E-state index is -0.152. The zero-order valence-electron chi connectivity index (χ0n) is 10.8. The Morgan fingerprint density at radius 1 is 1.47 bits per heavy atom. The third-order valence-corrected chi connectivity index (χ3v) is 4.39. The van der Waals surface area contributed by atoms with Gasteiger partial charge in [0.1, 0.15) is 6.04 Å². The largest absolute Gasteiger partial charge is 0.362 e. The Balaban J connectivity index is 1.99. The first-order valence-electron chi connectivity index (χ1n) is 6.30. The quantitative estimate of drug-likeness (QED) is 0.809. The number of hydrogen-bond donors (Lipinski definition) is 1. The summed E-state index contributed by atoms with van der Waals surface area (Å²) in [5, 5.41) is 4.42. The molecule has 1 N–H and O–H groups in total. The van der Waals surface area contributed by atoms with Crippen molar-refractivity contribution in [2.75, 3.05) is 19.3 Å². The number of hydrogen-bond acceptors (Lipinski definition) is 3. The number of amides is 1. The fraction of sp³-hybridized carbons (Fsp3) is 0.833. The monoisotopic (exact) mass is 255 g/mol. The van der Waals surface area contributed by atoms with Crippen molar-refractivity contribution in [3.05, 3.63) is 0 Å². The van der Waals surface area contributed by atoms with Gasteiger partial charge in [-0.15, -0.1) is 0 Å². The van der Waals surface area contributed by atoms with E-state index >= 15 is 0 Å². The zero-order chi connectivity index (χ0) is 12.4. The maximum Gasteiger partial charge on any atom is 0.247 e. The second-order valence-electron chi connectivity index (χ2n) is 5.13. The number of thioether (sulfide) groups is 1. The average molecular weight is 255 g/mol. The number of carbonyl (C=O) groups excluding carboxylic acids is 1. The molecule has 2 aliphatic heterocycles. The molecule has 0 aromatic rings. The van der Waals surface area contributed by atoms with E-state index < -0.39 is 0 Å². The van der Waals surface area contributed by atoms with Crippen LogP contribution in [-0.4, -0.2) is 47.4 Å². The normalized spacial score (nSPS) is 32.4. The lowest BCUT2D eigenvalue weighted by atomic mass is 10.0. The van der Waals surface area contributed by atoms with Gasteiger partial charge in [0.15, 0.2) is 5.17 Å². The highest BCUT2D eigenvalue weighted by atomic mass is 32.2. The van der Waals surface area contributed by atoms with E-state index in [9.17, 15) is 4.79 Å². The van der Waals surface area contributed by atoms with Gasteiger partial charge < -0.3 is 10.2 Å². The number of amidine groups is 1. The fourth-order valence-electron chi connectivity index (χ4n) is 2.19. The Morgan fingerprint density at radius 3 is 2.82 bits per heavy atom. The highest BCUT2D eigenvalue weighted by Gasteiger charge is 2.30. The van der Waals surface area contributed by atoms with Crippen LogP contribution in [0.2, 0.25) is 0 Å². The molecule has 2 saturated heterocycles. The minimum absolute atomic E-state index is 0.152. The topological polar surface area (TPSA) is 44.7 Å². The first-order valence-corrected chi connectivity index (χ1v) is 7.28. The Morgan fingerprint density at radius 2 is 2.24 bits per heavy atom. The van der Waals surface area contributed by atoms with Crippen LogP contribution < -0.4 is 5.32 Å². The van der Waals surface area contributed by atoms with E-state index in [2.05, 4.69) is 24.2 Å². The maximum absolute atomic E-state index is 11.8. The van der Waals surface area contributed by atoms with Crippen LogP contribution in [0.15, 0.2) is 4.99 Å². The number of rotatable bonds is 2. The van der Waals surface area contributed by atoms with Crippen molar-refractivity contribution in [1.82, 2.24) is 10.2 Å². The summed E-state index contributed by atoms with van der Waals surface area (Å²) >= 11 is 1.74. The van der Waals surface area contributed by atoms with Gasteiger partial charge in [0.2, 0.25) is 5.91 Å². The highest BCUT2D eigenvalue weighted by Crippen LogP contribution is 2.21. The van der Waals surface area contributed by atoms with Crippen molar-refractivity contribution >= 4 is 22.8 Å². The number of nitrogens with zero attached hydrogens (tertiary/aromatic N) is 2. The number of nitrogens with one attached hydrogen (secondary N) is 1. The highest BCUT2D eigenvalue weighted by molar-refractivity contribution is 8.13. The van der Waals surface area contributed by atoms with Crippen LogP contribution in [0.3, 0.4) is 0 Å². The van der Waals surface area contributed by atoms with E-state index in [1.54, 1.807) is 16.7 Å². The molecule has 0 aromatic heterocycles. The molecule has 0 radical (unpaired) electrons. The average Bonchev–Trinajstić information content (AvgIpc) is 2.61. The van der Waals surface area contributed by atoms with Crippen molar-refractivity contribution < 1.29 is 4.79 Å². The molecular weight excluding hydrogens is 234 g/mol. The van der Waals surface area contributed by atoms with Crippen LogP contribution in [0.5, 0.6) is 0 Å². The summed E-state index contributed by atoms with van der Waals surface area (Å²) in [6.07, 6.45) is 2.04. The first kappa shape index (κ1) is 12.7. The van der Waals surface area contributed by atoms with E-state index in [-0.39, 0.29) is 11.9 Å². The molecule has 2 fully saturated rings. The molecule has 4 nitrogen and oxygen atoms in total. The number of likely N-dealkylation sites (N-methyl/N-ethyl adjacent to an activating group) is 1. The van der Waals surface area contributed by atoms with Crippen molar-refractivity contribution in [2.45, 2.75) is 38.8 Å². The molecule has 2 unspecified atom stereocenters. The molecule has 96 valence electrons. The third-order valence-electron chi connectivity index (χ3n) is 3.45. The third kappa shape index (κ3) is 2.94. The summed E-state index contributed by atoms with van der Waals surface area (Å²) < 4.78 is 0. The Hall–Kier alpha value is -0.710. The summed E-state index contributed by atoms with van der Waals surface area (Å²) in [6.45, 7) is 5.28. The van der Waals surface area contributed by atoms with E-state index in [1.165, 1.54) is 6.42 Å². The second-order valence-corrected chi connectivity index (χ2v) is 6.21. The molecule has 0 aromatic carbocycles. The summed E-state index contributed by atoms with van der Waals surface area (Å²) in [5.74, 6) is 1.88. The molecule has 2 aliphatic rings. The lowest BCUT2D eigenvalue weighted by Crippen LogP contribution is -2.42. The second kappa shape index (κ2) is 5.29. The SMILES string of the molecule is CC(C)C1CCSC(=NC2CCN(C)C2=O)N1. The lowest BCUT2D eigenvalue weighted by molar-refractivity contribution is -0.127. The summed E-state index contributed by atoms with van der Waals surface area (Å²) in [5.41, 5.74) is 0. The van der Waals surface area contributed by atoms with Crippen molar-refractivity contribution in [2.24, 2.45) is 10.9 Å². The molecule has 0 saturated carbocycles. The summed E-state index contributed by atoms with van der Waals surface area (Å²) in [4.78, 5) is 18.1. The van der Waals surface area contributed by atoms with E-state index in [0.717, 1.165) is 23.9 Å². The Labute approximate surface area is 107 Å². The summed E-state index contributed by atoms with van der Waals surface area (Å²) in [7, 11) is 1.85. The minimum Gasteiger partial charge on any atom is -0.362 e. The van der Waals surface area contributed by atoms with Gasteiger partial charge in [0.05, 0.1) is 0 Å². The van der Waals surface area contributed by atoms with Crippen LogP contribution in [0.4, 0.5) is 0 Å². The molecule has 17 heavy (non-hydrogen) atoms. The Kier molecular flexibility index (Phi) is 3.97.